The van der Waals surface area contributed by atoms with Gasteiger partial charge in [0.1, 0.15) is 12.7 Å². The molecule has 0 saturated carbocycles. The molecule has 1 heterocycles. The number of ether oxygens (including phenoxy) is 3. The van der Waals surface area contributed by atoms with E-state index in [0.717, 1.165) is 24.0 Å². The summed E-state index contributed by atoms with van der Waals surface area (Å²) in [4.78, 5) is 21.8. The van der Waals surface area contributed by atoms with Crippen LogP contribution in [0.1, 0.15) is 15.2 Å². The Morgan fingerprint density at radius 3 is 2.68 bits per heavy atom. The quantitative estimate of drug-likeness (QED) is 0.412. The highest BCUT2D eigenvalue weighted by Gasteiger charge is 2.29. The van der Waals surface area contributed by atoms with Gasteiger partial charge in [-0.05, 0) is 5.56 Å². The lowest BCUT2D eigenvalue weighted by molar-refractivity contribution is -0.385. The number of nitrogens with zero attached hydrogens (tertiary/aromatic N) is 1. The lowest BCUT2D eigenvalue weighted by Crippen LogP contribution is -2.23. The Morgan fingerprint density at radius 1 is 1.32 bits per heavy atom. The van der Waals surface area contributed by atoms with Crippen molar-refractivity contribution in [1.29, 1.82) is 0 Å². The molecule has 0 radical (unpaired) electrons. The van der Waals surface area contributed by atoms with Gasteiger partial charge in [0, 0.05) is 5.38 Å². The van der Waals surface area contributed by atoms with Gasteiger partial charge in [-0.1, -0.05) is 30.3 Å². The fourth-order valence-corrected chi connectivity index (χ4v) is 2.84. The molecule has 2 aromatic rings. The zero-order valence-electron chi connectivity index (χ0n) is 13.4. The highest BCUT2D eigenvalue weighted by molar-refractivity contribution is 7.12. The maximum absolute atomic E-state index is 11.5. The molecule has 0 fully saturated rings. The van der Waals surface area contributed by atoms with Gasteiger partial charge < -0.3 is 19.3 Å². The van der Waals surface area contributed by atoms with Crippen LogP contribution < -0.4 is 4.74 Å². The van der Waals surface area contributed by atoms with Gasteiger partial charge in [0.2, 0.25) is 5.75 Å². The molecule has 134 valence electrons. The number of hydrogen-bond donors (Lipinski definition) is 1. The van der Waals surface area contributed by atoms with E-state index >= 15 is 0 Å². The van der Waals surface area contributed by atoms with Gasteiger partial charge in [0.25, 0.3) is 0 Å². The summed E-state index contributed by atoms with van der Waals surface area (Å²) in [5, 5.41) is 22.3. The molecule has 1 atom stereocenters. The van der Waals surface area contributed by atoms with Crippen molar-refractivity contribution in [3.63, 3.8) is 0 Å². The molecule has 0 spiro atoms. The fourth-order valence-electron chi connectivity index (χ4n) is 1.97. The first-order valence-corrected chi connectivity index (χ1v) is 8.17. The molecular weight excluding hydrogens is 350 g/mol. The lowest BCUT2D eigenvalue weighted by atomic mass is 10.2. The normalized spacial score (nSPS) is 11.8. The second-order valence-electron chi connectivity index (χ2n) is 4.99. The van der Waals surface area contributed by atoms with E-state index in [1.54, 1.807) is 0 Å². The molecule has 0 aliphatic rings. The summed E-state index contributed by atoms with van der Waals surface area (Å²) < 4.78 is 15.1. The van der Waals surface area contributed by atoms with E-state index in [9.17, 15) is 20.0 Å². The third kappa shape index (κ3) is 5.24. The average Bonchev–Trinajstić information content (AvgIpc) is 3.04. The Balaban J connectivity index is 1.87. The van der Waals surface area contributed by atoms with Gasteiger partial charge in [-0.25, -0.2) is 4.79 Å². The summed E-state index contributed by atoms with van der Waals surface area (Å²) in [6.07, 6.45) is -0.968. The molecule has 0 amide bonds. The van der Waals surface area contributed by atoms with Crippen LogP contribution in [0.15, 0.2) is 35.7 Å². The van der Waals surface area contributed by atoms with Crippen LogP contribution in [0.2, 0.25) is 0 Å². The maximum Gasteiger partial charge on any atom is 0.355 e. The molecule has 1 aromatic heterocycles. The van der Waals surface area contributed by atoms with Crippen LogP contribution in [0.25, 0.3) is 0 Å². The molecule has 2 rings (SSSR count). The number of nitro groups is 1. The zero-order chi connectivity index (χ0) is 18.2. The van der Waals surface area contributed by atoms with Crippen molar-refractivity contribution >= 4 is 23.0 Å². The van der Waals surface area contributed by atoms with E-state index in [-0.39, 0.29) is 23.8 Å². The molecule has 1 unspecified atom stereocenters. The zero-order valence-corrected chi connectivity index (χ0v) is 14.2. The maximum atomic E-state index is 11.5. The minimum atomic E-state index is -0.968. The number of hydrogen-bond acceptors (Lipinski definition) is 8. The molecule has 1 N–H and O–H groups in total. The minimum absolute atomic E-state index is 0.0106. The van der Waals surface area contributed by atoms with E-state index in [1.807, 2.05) is 30.3 Å². The number of aliphatic hydroxyl groups is 1. The second kappa shape index (κ2) is 9.11. The van der Waals surface area contributed by atoms with Gasteiger partial charge in [0.05, 0.1) is 25.2 Å². The number of esters is 1. The average molecular weight is 367 g/mol. The fraction of sp³-hybridized carbons (Fsp3) is 0.312. The predicted molar refractivity (Wildman–Crippen MR) is 89.9 cm³/mol. The van der Waals surface area contributed by atoms with Crippen LogP contribution in [0.5, 0.6) is 5.75 Å². The van der Waals surface area contributed by atoms with Crippen LogP contribution in [-0.2, 0) is 16.1 Å². The second-order valence-corrected chi connectivity index (χ2v) is 5.87. The molecule has 0 aliphatic heterocycles. The number of methoxy groups -OCH3 is 1. The van der Waals surface area contributed by atoms with Crippen LogP contribution in [0, 0.1) is 10.1 Å². The first kappa shape index (κ1) is 18.8. The van der Waals surface area contributed by atoms with Crippen molar-refractivity contribution in [3.05, 3.63) is 56.3 Å². The topological polar surface area (TPSA) is 108 Å². The molecule has 9 heteroatoms. The number of rotatable bonds is 9. The third-order valence-electron chi connectivity index (χ3n) is 3.14. The molecule has 25 heavy (non-hydrogen) atoms. The number of benzene rings is 1. The van der Waals surface area contributed by atoms with Crippen molar-refractivity contribution in [2.45, 2.75) is 12.7 Å². The highest BCUT2D eigenvalue weighted by Crippen LogP contribution is 2.37. The smallest absolute Gasteiger partial charge is 0.355 e. The van der Waals surface area contributed by atoms with Crippen LogP contribution in [0.4, 0.5) is 5.69 Å². The van der Waals surface area contributed by atoms with Crippen LogP contribution in [-0.4, -0.2) is 42.4 Å². The van der Waals surface area contributed by atoms with Crippen LogP contribution >= 0.6 is 11.3 Å². The third-order valence-corrected chi connectivity index (χ3v) is 4.07. The number of aliphatic hydroxyl groups excluding tert-OH is 1. The van der Waals surface area contributed by atoms with Gasteiger partial charge >= 0.3 is 11.7 Å². The van der Waals surface area contributed by atoms with Gasteiger partial charge in [-0.2, -0.15) is 0 Å². The van der Waals surface area contributed by atoms with Gasteiger partial charge in [0.15, 0.2) is 4.88 Å². The number of thiophene rings is 1. The Hall–Kier alpha value is -2.49. The van der Waals surface area contributed by atoms with Crippen molar-refractivity contribution in [2.75, 3.05) is 20.3 Å². The molecule has 0 aliphatic carbocycles. The van der Waals surface area contributed by atoms with Gasteiger partial charge in [-0.15, -0.1) is 11.3 Å². The van der Waals surface area contributed by atoms with E-state index in [4.69, 9.17) is 9.47 Å². The van der Waals surface area contributed by atoms with E-state index in [0.29, 0.717) is 6.61 Å². The van der Waals surface area contributed by atoms with Crippen LogP contribution in [0.3, 0.4) is 0 Å². The standard InChI is InChI=1S/C16H17NO7S/c1-22-16(19)15-14(17(20)21)13(10-25-15)24-9-12(18)8-23-7-11-5-3-2-4-6-11/h2-6,10,12,18H,7-9H2,1H3. The summed E-state index contributed by atoms with van der Waals surface area (Å²) >= 11 is 0.850. The van der Waals surface area contributed by atoms with Crippen molar-refractivity contribution in [3.8, 4) is 5.75 Å². The predicted octanol–water partition coefficient (Wildman–Crippen LogP) is 2.40. The summed E-state index contributed by atoms with van der Waals surface area (Å²) in [7, 11) is 1.14. The number of carbonyl (C=O) groups excluding carboxylic acids is 1. The molecular formula is C16H17NO7S. The Morgan fingerprint density at radius 2 is 2.04 bits per heavy atom. The molecule has 0 saturated heterocycles. The largest absolute Gasteiger partial charge is 0.483 e. The summed E-state index contributed by atoms with van der Waals surface area (Å²) in [6, 6.07) is 9.44. The number of carbonyl (C=O) groups is 1. The van der Waals surface area contributed by atoms with E-state index in [2.05, 4.69) is 4.74 Å². The molecule has 8 nitrogen and oxygen atoms in total. The first-order valence-electron chi connectivity index (χ1n) is 7.29. The van der Waals surface area contributed by atoms with Crippen molar-refractivity contribution in [1.82, 2.24) is 0 Å². The van der Waals surface area contributed by atoms with E-state index < -0.39 is 22.7 Å². The Kier molecular flexibility index (Phi) is 6.87. The summed E-state index contributed by atoms with van der Waals surface area (Å²) in [5.74, 6) is -0.893. The monoisotopic (exact) mass is 367 g/mol. The van der Waals surface area contributed by atoms with Gasteiger partial charge in [-0.3, -0.25) is 10.1 Å². The highest BCUT2D eigenvalue weighted by atomic mass is 32.1. The lowest BCUT2D eigenvalue weighted by Gasteiger charge is -2.12. The molecule has 1 aromatic carbocycles. The SMILES string of the molecule is COC(=O)c1scc(OCC(O)COCc2ccccc2)c1[N+](=O)[O-]. The summed E-state index contributed by atoms with van der Waals surface area (Å²) in [6.45, 7) is 0.145. The van der Waals surface area contributed by atoms with Crippen molar-refractivity contribution < 1.29 is 29.0 Å². The Labute approximate surface area is 147 Å². The summed E-state index contributed by atoms with van der Waals surface area (Å²) in [5.41, 5.74) is 0.501. The van der Waals surface area contributed by atoms with E-state index in [1.165, 1.54) is 5.38 Å². The first-order chi connectivity index (χ1) is 12.0. The Bertz CT molecular complexity index is 717. The minimum Gasteiger partial charge on any atom is -0.483 e. The van der Waals surface area contributed by atoms with Crippen molar-refractivity contribution in [2.24, 2.45) is 0 Å². The molecule has 0 bridgehead atoms.